The number of aromatic nitrogens is 3. The highest BCUT2D eigenvalue weighted by Gasteiger charge is 2.22. The number of thiazole rings is 1. The van der Waals surface area contributed by atoms with Crippen LogP contribution < -0.4 is 5.48 Å². The van der Waals surface area contributed by atoms with Gasteiger partial charge in [0.2, 0.25) is 0 Å². The van der Waals surface area contributed by atoms with Gasteiger partial charge in [-0.3, -0.25) is 15.5 Å². The number of benzene rings is 2. The number of hydrogen-bond acceptors (Lipinski definition) is 8. The van der Waals surface area contributed by atoms with Crippen molar-refractivity contribution in [3.8, 4) is 0 Å². The lowest BCUT2D eigenvalue weighted by Crippen LogP contribution is -2.22. The van der Waals surface area contributed by atoms with Crippen molar-refractivity contribution in [2.75, 3.05) is 0 Å². The predicted molar refractivity (Wildman–Crippen MR) is 129 cm³/mol. The van der Waals surface area contributed by atoms with E-state index in [1.165, 1.54) is 29.5 Å². The summed E-state index contributed by atoms with van der Waals surface area (Å²) in [7, 11) is 0. The van der Waals surface area contributed by atoms with Gasteiger partial charge in [0, 0.05) is 21.8 Å². The molecule has 4 rings (SSSR count). The largest absolute Gasteiger partial charge is 0.292 e. The first-order chi connectivity index (χ1) is 16.4. The van der Waals surface area contributed by atoms with E-state index >= 15 is 0 Å². The van der Waals surface area contributed by atoms with Crippen molar-refractivity contribution in [3.05, 3.63) is 89.8 Å². The zero-order valence-corrected chi connectivity index (χ0v) is 20.8. The van der Waals surface area contributed by atoms with Gasteiger partial charge in [0.1, 0.15) is 17.2 Å². The molecule has 8 nitrogen and oxygen atoms in total. The topological polar surface area (TPSA) is 114 Å². The van der Waals surface area contributed by atoms with Gasteiger partial charge in [0.15, 0.2) is 17.3 Å². The molecule has 174 valence electrons. The van der Waals surface area contributed by atoms with Crippen LogP contribution in [0.4, 0.5) is 10.1 Å². The molecule has 0 aliphatic heterocycles. The molecular formula is C21H13BrCl2FN5O3S. The Labute approximate surface area is 214 Å². The van der Waals surface area contributed by atoms with Crippen molar-refractivity contribution in [3.63, 3.8) is 0 Å². The lowest BCUT2D eigenvalue weighted by molar-refractivity contribution is 0.0986. The Balaban J connectivity index is 1.52. The standard InChI is InChI=1S/C21H13BrCl2FN5O3S/c22-12-6-10(4-5-15(12)25)26-21(28-32)20-16(29-33-30-20)8-18(31)17-9-34-19(27-17)7-11-13(23)2-1-3-14(11)24/h1-6,9,32H,7-8H2,(H,26,28). The van der Waals surface area contributed by atoms with Crippen molar-refractivity contribution in [1.29, 1.82) is 0 Å². The van der Waals surface area contributed by atoms with Gasteiger partial charge in [-0.15, -0.1) is 11.3 Å². The van der Waals surface area contributed by atoms with Crippen LogP contribution in [0.2, 0.25) is 10.0 Å². The summed E-state index contributed by atoms with van der Waals surface area (Å²) in [6.45, 7) is 0. The van der Waals surface area contributed by atoms with Gasteiger partial charge in [-0.2, -0.15) is 0 Å². The Bertz CT molecular complexity index is 1370. The van der Waals surface area contributed by atoms with E-state index in [0.29, 0.717) is 27.2 Å². The number of Topliss-reactive ketones (excluding diaryl/α,β-unsaturated/α-hetero) is 1. The highest BCUT2D eigenvalue weighted by atomic mass is 79.9. The summed E-state index contributed by atoms with van der Waals surface area (Å²) in [5.74, 6) is -0.937. The molecule has 0 aliphatic carbocycles. The molecule has 0 radical (unpaired) electrons. The lowest BCUT2D eigenvalue weighted by atomic mass is 10.1. The molecule has 0 spiro atoms. The Kier molecular flexibility index (Phi) is 7.69. The normalized spacial score (nSPS) is 11.6. The Morgan fingerprint density at radius 3 is 2.71 bits per heavy atom. The van der Waals surface area contributed by atoms with Crippen LogP contribution in [0.5, 0.6) is 0 Å². The third-order valence-corrected chi connectivity index (χ3v) is 6.75. The van der Waals surface area contributed by atoms with E-state index in [9.17, 15) is 14.4 Å². The molecule has 0 aliphatic rings. The molecule has 2 heterocycles. The fraction of sp³-hybridized carbons (Fsp3) is 0.0952. The maximum absolute atomic E-state index is 13.5. The van der Waals surface area contributed by atoms with E-state index in [2.05, 4.69) is 36.2 Å². The second-order valence-electron chi connectivity index (χ2n) is 6.83. The van der Waals surface area contributed by atoms with Gasteiger partial charge < -0.3 is 0 Å². The molecule has 0 atom stereocenters. The van der Waals surface area contributed by atoms with Crippen LogP contribution in [0.15, 0.2) is 55.9 Å². The lowest BCUT2D eigenvalue weighted by Gasteiger charge is -2.04. The van der Waals surface area contributed by atoms with Gasteiger partial charge in [-0.05, 0) is 57.0 Å². The summed E-state index contributed by atoms with van der Waals surface area (Å²) in [4.78, 5) is 21.4. The van der Waals surface area contributed by atoms with Gasteiger partial charge >= 0.3 is 0 Å². The fourth-order valence-corrected chi connectivity index (χ4v) is 4.64. The summed E-state index contributed by atoms with van der Waals surface area (Å²) >= 11 is 16.8. The van der Waals surface area contributed by atoms with Crippen LogP contribution in [0.3, 0.4) is 0 Å². The SMILES string of the molecule is O=C(Cc1nonc1C(=Nc1ccc(F)c(Br)c1)NO)c1csc(Cc2c(Cl)cccc2Cl)n1. The Morgan fingerprint density at radius 1 is 1.24 bits per heavy atom. The quantitative estimate of drug-likeness (QED) is 0.122. The number of hydrogen-bond donors (Lipinski definition) is 2. The molecule has 0 fully saturated rings. The number of amidine groups is 1. The predicted octanol–water partition coefficient (Wildman–Crippen LogP) is 5.81. The molecule has 2 N–H and O–H groups in total. The molecule has 0 saturated carbocycles. The first-order valence-electron chi connectivity index (χ1n) is 9.52. The molecule has 13 heteroatoms. The van der Waals surface area contributed by atoms with Crippen molar-refractivity contribution in [2.24, 2.45) is 4.99 Å². The second-order valence-corrected chi connectivity index (χ2v) is 9.44. The number of carbonyl (C=O) groups excluding carboxylic acids is 1. The molecule has 2 aromatic heterocycles. The van der Waals surface area contributed by atoms with E-state index in [1.54, 1.807) is 23.6 Å². The molecule has 4 aromatic rings. The van der Waals surface area contributed by atoms with E-state index in [1.807, 2.05) is 5.48 Å². The fourth-order valence-electron chi connectivity index (χ4n) is 2.93. The third-order valence-electron chi connectivity index (χ3n) is 4.59. The van der Waals surface area contributed by atoms with Gasteiger partial charge in [-0.25, -0.2) is 19.0 Å². The number of nitrogens with zero attached hydrogens (tertiary/aromatic N) is 4. The number of aliphatic imine (C=N–C) groups is 1. The molecular weight excluding hydrogens is 572 g/mol. The monoisotopic (exact) mass is 583 g/mol. The summed E-state index contributed by atoms with van der Waals surface area (Å²) in [6.07, 6.45) is 0.175. The number of ketones is 1. The van der Waals surface area contributed by atoms with Gasteiger partial charge in [-0.1, -0.05) is 34.4 Å². The zero-order chi connectivity index (χ0) is 24.2. The smallest absolute Gasteiger partial charge is 0.188 e. The third kappa shape index (κ3) is 5.50. The summed E-state index contributed by atoms with van der Waals surface area (Å²) in [5, 5.41) is 20.4. The minimum atomic E-state index is -0.466. The van der Waals surface area contributed by atoms with Gasteiger partial charge in [0.05, 0.1) is 21.6 Å². The maximum atomic E-state index is 13.5. The summed E-state index contributed by atoms with van der Waals surface area (Å²) in [5.41, 5.74) is 3.34. The van der Waals surface area contributed by atoms with Gasteiger partial charge in [0.25, 0.3) is 0 Å². The highest BCUT2D eigenvalue weighted by Crippen LogP contribution is 2.28. The summed E-state index contributed by atoms with van der Waals surface area (Å²) in [6, 6.07) is 9.24. The van der Waals surface area contributed by atoms with E-state index in [0.717, 1.165) is 5.56 Å². The molecule has 34 heavy (non-hydrogen) atoms. The van der Waals surface area contributed by atoms with Crippen molar-refractivity contribution < 1.29 is 19.0 Å². The maximum Gasteiger partial charge on any atom is 0.188 e. The van der Waals surface area contributed by atoms with E-state index in [4.69, 9.17) is 27.8 Å². The van der Waals surface area contributed by atoms with Crippen molar-refractivity contribution in [2.45, 2.75) is 12.8 Å². The number of hydroxylamine groups is 1. The number of carbonyl (C=O) groups is 1. The average Bonchev–Trinajstić information content (AvgIpc) is 3.47. The van der Waals surface area contributed by atoms with Crippen LogP contribution in [-0.2, 0) is 12.8 Å². The minimum absolute atomic E-state index is 0.0228. The molecule has 0 amide bonds. The highest BCUT2D eigenvalue weighted by molar-refractivity contribution is 9.10. The van der Waals surface area contributed by atoms with Crippen LogP contribution in [-0.4, -0.2) is 32.1 Å². The van der Waals surface area contributed by atoms with Crippen LogP contribution >= 0.6 is 50.5 Å². The molecule has 2 aromatic carbocycles. The molecule has 0 bridgehead atoms. The van der Waals surface area contributed by atoms with E-state index in [-0.39, 0.29) is 39.6 Å². The van der Waals surface area contributed by atoms with Crippen LogP contribution in [0, 0.1) is 5.82 Å². The van der Waals surface area contributed by atoms with E-state index < -0.39 is 5.82 Å². The molecule has 0 unspecified atom stereocenters. The number of nitrogens with one attached hydrogen (secondary N) is 1. The average molecular weight is 585 g/mol. The first-order valence-corrected chi connectivity index (χ1v) is 11.9. The zero-order valence-electron chi connectivity index (χ0n) is 16.9. The number of halogens is 4. The summed E-state index contributed by atoms with van der Waals surface area (Å²) < 4.78 is 18.4. The first kappa shape index (κ1) is 24.4. The number of rotatable bonds is 7. The Morgan fingerprint density at radius 2 is 2.00 bits per heavy atom. The van der Waals surface area contributed by atoms with Crippen molar-refractivity contribution >= 4 is 67.8 Å². The Hall–Kier alpha value is -2.70. The van der Waals surface area contributed by atoms with Crippen LogP contribution in [0.1, 0.15) is 32.4 Å². The second kappa shape index (κ2) is 10.7. The minimum Gasteiger partial charge on any atom is -0.292 e. The molecule has 0 saturated heterocycles. The van der Waals surface area contributed by atoms with Crippen LogP contribution in [0.25, 0.3) is 0 Å². The van der Waals surface area contributed by atoms with Crippen molar-refractivity contribution in [1.82, 2.24) is 20.8 Å².